The Bertz CT molecular complexity index is 1770. The van der Waals surface area contributed by atoms with E-state index in [9.17, 15) is 14.0 Å². The molecule has 0 aliphatic heterocycles. The molecule has 5 rings (SSSR count). The number of carbonyl (C=O) groups is 2. The molecular weight excluding hydrogens is 565 g/mol. The predicted molar refractivity (Wildman–Crippen MR) is 176 cm³/mol. The van der Waals surface area contributed by atoms with Crippen LogP contribution in [0.2, 0.25) is 0 Å². The van der Waals surface area contributed by atoms with Crippen molar-refractivity contribution in [2.45, 2.75) is 39.4 Å². The number of hydrogen-bond acceptors (Lipinski definition) is 4. The largest absolute Gasteiger partial charge is 0.455 e. The minimum atomic E-state index is -0.387. The number of aryl methyl sites for hydroxylation is 1. The first kappa shape index (κ1) is 31.2. The second-order valence-electron chi connectivity index (χ2n) is 10.8. The number of halogens is 1. The van der Waals surface area contributed by atoms with Gasteiger partial charge in [0.1, 0.15) is 11.6 Å². The predicted octanol–water partition coefficient (Wildman–Crippen LogP) is 7.68. The smallest absolute Gasteiger partial charge is 0.227 e. The van der Waals surface area contributed by atoms with Gasteiger partial charge in [-0.15, -0.1) is 0 Å². The van der Waals surface area contributed by atoms with Crippen molar-refractivity contribution in [3.05, 3.63) is 149 Å². The number of amides is 2. The third kappa shape index (κ3) is 8.22. The Morgan fingerprint density at radius 2 is 1.53 bits per heavy atom. The molecule has 0 unspecified atom stereocenters. The number of benzene rings is 5. The second-order valence-corrected chi connectivity index (χ2v) is 10.8. The first-order chi connectivity index (χ1) is 21.9. The fourth-order valence-corrected chi connectivity index (χ4v) is 5.09. The molecule has 3 N–H and O–H groups in total. The molecule has 228 valence electrons. The summed E-state index contributed by atoms with van der Waals surface area (Å²) in [5.41, 5.74) is 12.1. The topological polar surface area (TPSA) is 84.7 Å². The maximum atomic E-state index is 14.0. The molecule has 0 spiro atoms. The van der Waals surface area contributed by atoms with Crippen molar-refractivity contribution in [2.75, 3.05) is 4.90 Å². The zero-order valence-corrected chi connectivity index (χ0v) is 25.2. The molecular formula is C38H36FN3O3. The maximum absolute atomic E-state index is 14.0. The van der Waals surface area contributed by atoms with Crippen molar-refractivity contribution in [3.8, 4) is 22.6 Å². The van der Waals surface area contributed by atoms with Crippen LogP contribution in [0.25, 0.3) is 11.1 Å². The van der Waals surface area contributed by atoms with Crippen molar-refractivity contribution in [2.24, 2.45) is 5.73 Å². The fraction of sp³-hybridized carbons (Fsp3) is 0.158. The molecule has 5 aromatic carbocycles. The Kier molecular flexibility index (Phi) is 10.4. The van der Waals surface area contributed by atoms with Gasteiger partial charge in [-0.1, -0.05) is 91.0 Å². The first-order valence-corrected chi connectivity index (χ1v) is 14.9. The fourth-order valence-electron chi connectivity index (χ4n) is 5.09. The molecule has 0 aromatic heterocycles. The summed E-state index contributed by atoms with van der Waals surface area (Å²) in [5.74, 6) is 0.138. The van der Waals surface area contributed by atoms with E-state index in [4.69, 9.17) is 10.5 Å². The first-order valence-electron chi connectivity index (χ1n) is 14.9. The molecule has 0 atom stereocenters. The van der Waals surface area contributed by atoms with Crippen molar-refractivity contribution < 1.29 is 18.7 Å². The van der Waals surface area contributed by atoms with Crippen LogP contribution in [0.1, 0.15) is 35.1 Å². The lowest BCUT2D eigenvalue weighted by Crippen LogP contribution is -2.32. The van der Waals surface area contributed by atoms with Gasteiger partial charge in [0.2, 0.25) is 11.8 Å². The van der Waals surface area contributed by atoms with E-state index >= 15 is 0 Å². The summed E-state index contributed by atoms with van der Waals surface area (Å²) in [5, 5.41) is 2.72. The molecule has 0 aliphatic rings. The minimum absolute atomic E-state index is 0.0403. The molecule has 7 heteroatoms. The van der Waals surface area contributed by atoms with Crippen LogP contribution >= 0.6 is 0 Å². The molecule has 0 radical (unpaired) electrons. The zero-order chi connectivity index (χ0) is 31.6. The van der Waals surface area contributed by atoms with Gasteiger partial charge in [0.25, 0.3) is 0 Å². The highest BCUT2D eigenvalue weighted by Crippen LogP contribution is 2.34. The lowest BCUT2D eigenvalue weighted by atomic mass is 9.99. The van der Waals surface area contributed by atoms with E-state index < -0.39 is 0 Å². The van der Waals surface area contributed by atoms with Gasteiger partial charge in [-0.05, 0) is 65.1 Å². The summed E-state index contributed by atoms with van der Waals surface area (Å²) >= 11 is 0. The minimum Gasteiger partial charge on any atom is -0.455 e. The molecule has 5 aromatic rings. The standard InChI is InChI=1S/C38H36FN3O3/c1-27-9-2-4-13-33(27)30-19-17-28(18-20-30)26-42(38(44)22-21-37(43)41-25-31-11-3-5-14-34(31)39)35-15-6-7-16-36(35)45-32-12-8-10-29(23-32)24-40/h2-20,23H,21-22,24-26,40H2,1H3,(H,41,43). The van der Waals surface area contributed by atoms with E-state index in [2.05, 4.69) is 36.5 Å². The molecule has 0 fully saturated rings. The highest BCUT2D eigenvalue weighted by atomic mass is 19.1. The third-order valence-electron chi connectivity index (χ3n) is 7.57. The van der Waals surface area contributed by atoms with Crippen LogP contribution < -0.4 is 20.7 Å². The van der Waals surface area contributed by atoms with E-state index in [0.717, 1.165) is 22.3 Å². The van der Waals surface area contributed by atoms with Gasteiger partial charge < -0.3 is 20.7 Å². The number of nitrogens with two attached hydrogens (primary N) is 1. The van der Waals surface area contributed by atoms with Gasteiger partial charge in [0.15, 0.2) is 5.75 Å². The Morgan fingerprint density at radius 1 is 0.800 bits per heavy atom. The SMILES string of the molecule is Cc1ccccc1-c1ccc(CN(C(=O)CCC(=O)NCc2ccccc2F)c2ccccc2Oc2cccc(CN)c2)cc1. The van der Waals surface area contributed by atoms with Crippen LogP contribution in [0.3, 0.4) is 0 Å². The maximum Gasteiger partial charge on any atom is 0.227 e. The molecule has 0 saturated carbocycles. The number of para-hydroxylation sites is 2. The van der Waals surface area contributed by atoms with Gasteiger partial charge in [-0.2, -0.15) is 0 Å². The van der Waals surface area contributed by atoms with Crippen LogP contribution in [0.4, 0.5) is 10.1 Å². The highest BCUT2D eigenvalue weighted by Gasteiger charge is 2.22. The van der Waals surface area contributed by atoms with Gasteiger partial charge in [-0.25, -0.2) is 4.39 Å². The van der Waals surface area contributed by atoms with Gasteiger partial charge in [0, 0.05) is 31.5 Å². The summed E-state index contributed by atoms with van der Waals surface area (Å²) in [4.78, 5) is 28.2. The summed E-state index contributed by atoms with van der Waals surface area (Å²) in [6.45, 7) is 2.78. The Balaban J connectivity index is 1.37. The Labute approximate surface area is 263 Å². The lowest BCUT2D eigenvalue weighted by molar-refractivity contribution is -0.125. The van der Waals surface area contributed by atoms with E-state index in [1.807, 2.05) is 72.8 Å². The van der Waals surface area contributed by atoms with Crippen LogP contribution in [0, 0.1) is 12.7 Å². The van der Waals surface area contributed by atoms with Gasteiger partial charge in [-0.3, -0.25) is 9.59 Å². The number of ether oxygens (including phenoxy) is 1. The number of nitrogens with zero attached hydrogens (tertiary/aromatic N) is 1. The van der Waals surface area contributed by atoms with Crippen molar-refractivity contribution in [3.63, 3.8) is 0 Å². The summed E-state index contributed by atoms with van der Waals surface area (Å²) < 4.78 is 20.3. The zero-order valence-electron chi connectivity index (χ0n) is 25.2. The van der Waals surface area contributed by atoms with E-state index in [1.54, 1.807) is 23.1 Å². The second kappa shape index (κ2) is 14.9. The Morgan fingerprint density at radius 3 is 2.31 bits per heavy atom. The summed E-state index contributed by atoms with van der Waals surface area (Å²) in [6.07, 6.45) is -0.0844. The monoisotopic (exact) mass is 601 g/mol. The van der Waals surface area contributed by atoms with Crippen LogP contribution in [0.5, 0.6) is 11.5 Å². The molecule has 0 bridgehead atoms. The normalized spacial score (nSPS) is 10.7. The number of anilines is 1. The van der Waals surface area contributed by atoms with Crippen LogP contribution in [-0.4, -0.2) is 11.8 Å². The van der Waals surface area contributed by atoms with Crippen LogP contribution in [-0.2, 0) is 29.2 Å². The molecule has 2 amide bonds. The summed E-state index contributed by atoms with van der Waals surface area (Å²) in [6, 6.07) is 37.5. The average molecular weight is 602 g/mol. The highest BCUT2D eigenvalue weighted by molar-refractivity contribution is 5.96. The van der Waals surface area contributed by atoms with Crippen molar-refractivity contribution in [1.29, 1.82) is 0 Å². The third-order valence-corrected chi connectivity index (χ3v) is 7.57. The average Bonchev–Trinajstić information content (AvgIpc) is 3.07. The molecule has 0 aliphatic carbocycles. The number of carbonyl (C=O) groups excluding carboxylic acids is 2. The lowest BCUT2D eigenvalue weighted by Gasteiger charge is -2.25. The molecule has 45 heavy (non-hydrogen) atoms. The summed E-state index contributed by atoms with van der Waals surface area (Å²) in [7, 11) is 0. The number of nitrogens with one attached hydrogen (secondary N) is 1. The van der Waals surface area contributed by atoms with E-state index in [0.29, 0.717) is 29.3 Å². The van der Waals surface area contributed by atoms with E-state index in [-0.39, 0.29) is 43.6 Å². The van der Waals surface area contributed by atoms with Crippen molar-refractivity contribution in [1.82, 2.24) is 5.32 Å². The van der Waals surface area contributed by atoms with Crippen molar-refractivity contribution >= 4 is 17.5 Å². The van der Waals surface area contributed by atoms with Gasteiger partial charge >= 0.3 is 0 Å². The Hall–Kier alpha value is -5.27. The number of rotatable bonds is 12. The molecule has 0 saturated heterocycles. The number of hydrogen-bond donors (Lipinski definition) is 2. The molecule has 0 heterocycles. The van der Waals surface area contributed by atoms with Crippen LogP contribution in [0.15, 0.2) is 121 Å². The van der Waals surface area contributed by atoms with Gasteiger partial charge in [0.05, 0.1) is 12.2 Å². The molecule has 6 nitrogen and oxygen atoms in total. The quantitative estimate of drug-likeness (QED) is 0.154. The van der Waals surface area contributed by atoms with E-state index in [1.165, 1.54) is 11.6 Å².